The van der Waals surface area contributed by atoms with E-state index in [0.717, 1.165) is 32.4 Å². The molecule has 0 aliphatic carbocycles. The summed E-state index contributed by atoms with van der Waals surface area (Å²) in [5.74, 6) is 0.503. The molecule has 2 saturated heterocycles. The molecule has 0 bridgehead atoms. The van der Waals surface area contributed by atoms with Gasteiger partial charge in [-0.25, -0.2) is 9.13 Å². The van der Waals surface area contributed by atoms with Gasteiger partial charge in [-0.1, -0.05) is 6.92 Å². The predicted octanol–water partition coefficient (Wildman–Crippen LogP) is 1.70. The van der Waals surface area contributed by atoms with Crippen LogP contribution in [0.2, 0.25) is 0 Å². The van der Waals surface area contributed by atoms with Gasteiger partial charge in [-0.3, -0.25) is 18.1 Å². The quantitative estimate of drug-likeness (QED) is 0.379. The van der Waals surface area contributed by atoms with Crippen LogP contribution in [0.5, 0.6) is 0 Å². The summed E-state index contributed by atoms with van der Waals surface area (Å²) in [5, 5.41) is 0. The molecule has 0 amide bonds. The largest absolute Gasteiger partial charge is 0.472 e. The third-order valence-corrected chi connectivity index (χ3v) is 7.51. The molecule has 2 N–H and O–H groups in total. The number of likely N-dealkylation sites (tertiary alicyclic amines) is 2. The van der Waals surface area contributed by atoms with Crippen LogP contribution in [0.1, 0.15) is 26.2 Å². The van der Waals surface area contributed by atoms with Gasteiger partial charge in [0.05, 0.1) is 26.4 Å². The molecule has 2 aliphatic heterocycles. The normalized spacial score (nSPS) is 30.9. The van der Waals surface area contributed by atoms with Gasteiger partial charge in [-0.05, 0) is 45.8 Å². The highest BCUT2D eigenvalue weighted by molar-refractivity contribution is 7.47. The van der Waals surface area contributed by atoms with E-state index in [-0.39, 0.29) is 38.5 Å². The highest BCUT2D eigenvalue weighted by Gasteiger charge is 2.32. The molecule has 13 heteroatoms. The number of nitrogens with zero attached hydrogens (tertiary/aromatic N) is 2. The maximum atomic E-state index is 12.1. The summed E-state index contributed by atoms with van der Waals surface area (Å²) in [6.45, 7) is 3.44. The summed E-state index contributed by atoms with van der Waals surface area (Å²) < 4.78 is 49.4. The molecule has 30 heavy (non-hydrogen) atoms. The fraction of sp³-hybridized carbons (Fsp3) is 1.00. The van der Waals surface area contributed by atoms with Crippen LogP contribution in [0.25, 0.3) is 0 Å². The van der Waals surface area contributed by atoms with Gasteiger partial charge in [-0.2, -0.15) is 0 Å². The van der Waals surface area contributed by atoms with Crippen LogP contribution in [0.4, 0.5) is 0 Å². The van der Waals surface area contributed by atoms with Crippen LogP contribution in [0.15, 0.2) is 0 Å². The Hall–Kier alpha value is 0.1000. The first kappa shape index (κ1) is 26.4. The van der Waals surface area contributed by atoms with Crippen molar-refractivity contribution in [3.05, 3.63) is 0 Å². The van der Waals surface area contributed by atoms with Crippen molar-refractivity contribution >= 4 is 15.6 Å². The first-order chi connectivity index (χ1) is 14.0. The Morgan fingerprint density at radius 3 is 1.97 bits per heavy atom. The van der Waals surface area contributed by atoms with E-state index in [9.17, 15) is 18.9 Å². The molecule has 0 radical (unpaired) electrons. The zero-order valence-electron chi connectivity index (χ0n) is 18.2. The number of likely N-dealkylation sites (N-methyl/N-ethyl adjacent to an activating group) is 2. The third kappa shape index (κ3) is 8.92. The minimum absolute atomic E-state index is 0.0574. The van der Waals surface area contributed by atoms with Crippen LogP contribution in [0.3, 0.4) is 0 Å². The first-order valence-electron chi connectivity index (χ1n) is 10.2. The molecule has 0 aromatic carbocycles. The topological polar surface area (TPSA) is 127 Å². The van der Waals surface area contributed by atoms with Gasteiger partial charge in [-0.15, -0.1) is 0 Å². The maximum Gasteiger partial charge on any atom is 0.472 e. The molecule has 0 aromatic rings. The zero-order chi connectivity index (χ0) is 22.4. The fourth-order valence-corrected chi connectivity index (χ4v) is 5.30. The van der Waals surface area contributed by atoms with Crippen LogP contribution >= 0.6 is 15.6 Å². The molecule has 2 fully saturated rings. The second-order valence-corrected chi connectivity index (χ2v) is 11.1. The lowest BCUT2D eigenvalue weighted by Gasteiger charge is -2.23. The Bertz CT molecular complexity index is 626. The van der Waals surface area contributed by atoms with Gasteiger partial charge in [0.1, 0.15) is 6.10 Å². The van der Waals surface area contributed by atoms with Crippen molar-refractivity contribution in [2.24, 2.45) is 5.92 Å². The molecular formula is C17H36N2O9P2. The molecule has 2 aliphatic rings. The standard InChI is InChI=1S/C17H36N2O9P2/c1-14-8-16(19(3)9-14)11-26-30(22,23)28-13-17(24-4)12-27-29(20,21)25-10-15-6-5-7-18(15)2/h14-17H,5-13H2,1-4H3,(H,20,21)(H,22,23)/t14-,15+,16-,17?/m1/s1. The molecule has 11 nitrogen and oxygen atoms in total. The number of ether oxygens (including phenoxy) is 1. The second kappa shape index (κ2) is 11.8. The molecule has 6 atom stereocenters. The van der Waals surface area contributed by atoms with Crippen molar-refractivity contribution in [3.8, 4) is 0 Å². The average molecular weight is 474 g/mol. The van der Waals surface area contributed by atoms with Crippen molar-refractivity contribution in [2.45, 2.75) is 44.4 Å². The second-order valence-electron chi connectivity index (χ2n) is 8.19. The van der Waals surface area contributed by atoms with E-state index in [4.69, 9.17) is 22.8 Å². The Balaban J connectivity index is 1.69. The van der Waals surface area contributed by atoms with Gasteiger partial charge in [0, 0.05) is 25.7 Å². The van der Waals surface area contributed by atoms with E-state index >= 15 is 0 Å². The molecular weight excluding hydrogens is 438 g/mol. The van der Waals surface area contributed by atoms with Crippen LogP contribution in [-0.4, -0.2) is 98.5 Å². The monoisotopic (exact) mass is 474 g/mol. The van der Waals surface area contributed by atoms with Gasteiger partial charge in [0.15, 0.2) is 0 Å². The lowest BCUT2D eigenvalue weighted by Crippen LogP contribution is -2.30. The molecule has 178 valence electrons. The molecule has 0 spiro atoms. The number of hydrogen-bond acceptors (Lipinski definition) is 9. The summed E-state index contributed by atoms with van der Waals surface area (Å²) in [5.41, 5.74) is 0. The Kier molecular flexibility index (Phi) is 10.4. The van der Waals surface area contributed by atoms with Gasteiger partial charge < -0.3 is 24.3 Å². The number of phosphoric ester groups is 2. The summed E-state index contributed by atoms with van der Waals surface area (Å²) in [6.07, 6.45) is 1.95. The Morgan fingerprint density at radius 1 is 0.967 bits per heavy atom. The van der Waals surface area contributed by atoms with Crippen molar-refractivity contribution in [1.29, 1.82) is 0 Å². The van der Waals surface area contributed by atoms with E-state index in [2.05, 4.69) is 16.7 Å². The van der Waals surface area contributed by atoms with Crippen molar-refractivity contribution in [2.75, 3.05) is 60.7 Å². The van der Waals surface area contributed by atoms with Crippen molar-refractivity contribution in [1.82, 2.24) is 9.80 Å². The predicted molar refractivity (Wildman–Crippen MR) is 110 cm³/mol. The first-order valence-corrected chi connectivity index (χ1v) is 13.2. The average Bonchev–Trinajstić information content (AvgIpc) is 3.22. The van der Waals surface area contributed by atoms with E-state index in [1.165, 1.54) is 7.11 Å². The number of rotatable bonds is 13. The van der Waals surface area contributed by atoms with E-state index in [1.807, 2.05) is 14.1 Å². The number of methoxy groups -OCH3 is 1. The van der Waals surface area contributed by atoms with E-state index in [0.29, 0.717) is 5.92 Å². The molecule has 2 heterocycles. The summed E-state index contributed by atoms with van der Waals surface area (Å²) in [6, 6.07) is 0.136. The lowest BCUT2D eigenvalue weighted by atomic mass is 10.1. The summed E-state index contributed by atoms with van der Waals surface area (Å²) >= 11 is 0. The van der Waals surface area contributed by atoms with E-state index < -0.39 is 21.7 Å². The van der Waals surface area contributed by atoms with Gasteiger partial charge >= 0.3 is 15.6 Å². The highest BCUT2D eigenvalue weighted by Crippen LogP contribution is 2.46. The lowest BCUT2D eigenvalue weighted by molar-refractivity contribution is -0.000371. The maximum absolute atomic E-state index is 12.1. The van der Waals surface area contributed by atoms with E-state index in [1.54, 1.807) is 0 Å². The third-order valence-electron chi connectivity index (χ3n) is 5.61. The highest BCUT2D eigenvalue weighted by atomic mass is 31.2. The molecule has 2 rings (SSSR count). The minimum atomic E-state index is -4.29. The summed E-state index contributed by atoms with van der Waals surface area (Å²) in [4.78, 5) is 23.9. The smallest absolute Gasteiger partial charge is 0.377 e. The fourth-order valence-electron chi connectivity index (χ4n) is 3.72. The van der Waals surface area contributed by atoms with Crippen molar-refractivity contribution in [3.63, 3.8) is 0 Å². The SMILES string of the molecule is COC(COP(=O)(O)OC[C@@H]1CCCN1C)COP(=O)(O)OC[C@H]1C[C@@H](C)CN1C. The Labute approximate surface area is 178 Å². The van der Waals surface area contributed by atoms with Crippen LogP contribution in [-0.2, 0) is 32.0 Å². The molecule has 0 aromatic heterocycles. The van der Waals surface area contributed by atoms with Crippen LogP contribution < -0.4 is 0 Å². The molecule has 0 saturated carbocycles. The van der Waals surface area contributed by atoms with Gasteiger partial charge in [0.2, 0.25) is 0 Å². The van der Waals surface area contributed by atoms with Crippen molar-refractivity contribution < 1.29 is 41.7 Å². The van der Waals surface area contributed by atoms with Crippen LogP contribution in [0, 0.1) is 5.92 Å². The zero-order valence-corrected chi connectivity index (χ0v) is 20.0. The molecule has 3 unspecified atom stereocenters. The Morgan fingerprint density at radius 2 is 1.53 bits per heavy atom. The summed E-state index contributed by atoms with van der Waals surface area (Å²) in [7, 11) is -3.34. The number of phosphoric acid groups is 2. The number of hydrogen-bond donors (Lipinski definition) is 2. The van der Waals surface area contributed by atoms with Gasteiger partial charge in [0.25, 0.3) is 0 Å². The minimum Gasteiger partial charge on any atom is -0.377 e.